The van der Waals surface area contributed by atoms with E-state index in [0.29, 0.717) is 17.6 Å². The van der Waals surface area contributed by atoms with Crippen molar-refractivity contribution in [2.75, 3.05) is 5.32 Å². The van der Waals surface area contributed by atoms with Crippen LogP contribution in [0.15, 0.2) is 6.20 Å². The van der Waals surface area contributed by atoms with Crippen molar-refractivity contribution in [2.45, 2.75) is 32.4 Å². The zero-order chi connectivity index (χ0) is 9.42. The van der Waals surface area contributed by atoms with E-state index >= 15 is 0 Å². The lowest BCUT2D eigenvalue weighted by atomic mass is 10.1. The van der Waals surface area contributed by atoms with Crippen molar-refractivity contribution in [3.05, 3.63) is 11.8 Å². The van der Waals surface area contributed by atoms with E-state index in [9.17, 15) is 0 Å². The summed E-state index contributed by atoms with van der Waals surface area (Å²) < 4.78 is 1.89. The Bertz CT molecular complexity index is 360. The number of aromatic nitrogens is 2. The molecule has 1 N–H and O–H groups in total. The standard InChI is InChI=1S/C9H12N4/c1-6-3-7(2)13-9(12-6)8(4-10)5-11-13/h5-7,12H,3H2,1-2H3/t6-,7-/m1/s1. The van der Waals surface area contributed by atoms with Gasteiger partial charge in [0.1, 0.15) is 17.5 Å². The molecule has 68 valence electrons. The van der Waals surface area contributed by atoms with E-state index in [1.807, 2.05) is 4.68 Å². The Hall–Kier alpha value is -1.50. The van der Waals surface area contributed by atoms with Crippen molar-refractivity contribution in [1.29, 1.82) is 5.26 Å². The van der Waals surface area contributed by atoms with Crippen LogP contribution >= 0.6 is 0 Å². The van der Waals surface area contributed by atoms with Crippen LogP contribution in [0.4, 0.5) is 5.82 Å². The molecular weight excluding hydrogens is 164 g/mol. The molecule has 0 bridgehead atoms. The fourth-order valence-electron chi connectivity index (χ4n) is 1.83. The van der Waals surface area contributed by atoms with Crippen LogP contribution < -0.4 is 5.32 Å². The van der Waals surface area contributed by atoms with E-state index < -0.39 is 0 Å². The van der Waals surface area contributed by atoms with E-state index in [0.717, 1.165) is 12.2 Å². The molecule has 1 aromatic rings. The molecule has 0 saturated heterocycles. The van der Waals surface area contributed by atoms with Gasteiger partial charge in [0, 0.05) is 6.04 Å². The Morgan fingerprint density at radius 2 is 2.46 bits per heavy atom. The monoisotopic (exact) mass is 176 g/mol. The predicted molar refractivity (Wildman–Crippen MR) is 49.4 cm³/mol. The van der Waals surface area contributed by atoms with Gasteiger partial charge in [-0.2, -0.15) is 10.4 Å². The summed E-state index contributed by atoms with van der Waals surface area (Å²) in [5.74, 6) is 0.869. The van der Waals surface area contributed by atoms with E-state index in [1.54, 1.807) is 6.20 Å². The number of fused-ring (bicyclic) bond motifs is 1. The van der Waals surface area contributed by atoms with E-state index in [2.05, 4.69) is 30.3 Å². The lowest BCUT2D eigenvalue weighted by molar-refractivity contribution is 0.414. The molecule has 0 saturated carbocycles. The highest BCUT2D eigenvalue weighted by atomic mass is 15.4. The average Bonchev–Trinajstić information content (AvgIpc) is 2.47. The molecule has 0 aliphatic carbocycles. The van der Waals surface area contributed by atoms with Crippen molar-refractivity contribution < 1.29 is 0 Å². The highest BCUT2D eigenvalue weighted by molar-refractivity contribution is 5.53. The molecule has 0 radical (unpaired) electrons. The van der Waals surface area contributed by atoms with Crippen LogP contribution in [-0.4, -0.2) is 15.8 Å². The molecule has 13 heavy (non-hydrogen) atoms. The van der Waals surface area contributed by atoms with Gasteiger partial charge in [0.25, 0.3) is 0 Å². The second-order valence-corrected chi connectivity index (χ2v) is 3.59. The lowest BCUT2D eigenvalue weighted by Gasteiger charge is -2.27. The summed E-state index contributed by atoms with van der Waals surface area (Å²) in [6.45, 7) is 4.24. The first-order chi connectivity index (χ1) is 6.22. The molecule has 0 unspecified atom stereocenters. The van der Waals surface area contributed by atoms with Gasteiger partial charge in [0.2, 0.25) is 0 Å². The first kappa shape index (κ1) is 8.11. The molecule has 0 amide bonds. The normalized spacial score (nSPS) is 25.9. The summed E-state index contributed by atoms with van der Waals surface area (Å²) in [5, 5.41) is 16.3. The van der Waals surface area contributed by atoms with Crippen molar-refractivity contribution in [2.24, 2.45) is 0 Å². The van der Waals surface area contributed by atoms with Crippen LogP contribution in [0, 0.1) is 11.3 Å². The summed E-state index contributed by atoms with van der Waals surface area (Å²) in [4.78, 5) is 0. The highest BCUT2D eigenvalue weighted by Gasteiger charge is 2.23. The predicted octanol–water partition coefficient (Wildman–Crippen LogP) is 1.52. The minimum absolute atomic E-state index is 0.383. The third-order valence-electron chi connectivity index (χ3n) is 2.41. The third-order valence-corrected chi connectivity index (χ3v) is 2.41. The Kier molecular flexibility index (Phi) is 1.73. The van der Waals surface area contributed by atoms with E-state index in [4.69, 9.17) is 5.26 Å². The summed E-state index contributed by atoms with van der Waals surface area (Å²) >= 11 is 0. The third kappa shape index (κ3) is 1.17. The maximum absolute atomic E-state index is 8.81. The number of hydrogen-bond donors (Lipinski definition) is 1. The van der Waals surface area contributed by atoms with E-state index in [1.165, 1.54) is 0 Å². The van der Waals surface area contributed by atoms with Crippen molar-refractivity contribution in [1.82, 2.24) is 9.78 Å². The van der Waals surface area contributed by atoms with Gasteiger partial charge in [-0.25, -0.2) is 4.68 Å². The molecule has 2 rings (SSSR count). The molecular formula is C9H12N4. The van der Waals surface area contributed by atoms with Crippen molar-refractivity contribution in [3.8, 4) is 6.07 Å². The largest absolute Gasteiger partial charge is 0.367 e. The summed E-state index contributed by atoms with van der Waals surface area (Å²) in [7, 11) is 0. The Morgan fingerprint density at radius 3 is 3.15 bits per heavy atom. The minimum atomic E-state index is 0.383. The average molecular weight is 176 g/mol. The fraction of sp³-hybridized carbons (Fsp3) is 0.556. The first-order valence-corrected chi connectivity index (χ1v) is 4.46. The number of nitriles is 1. The SMILES string of the molecule is C[C@@H]1C[C@@H](C)n2ncc(C#N)c2N1. The van der Waals surface area contributed by atoms with Gasteiger partial charge in [-0.15, -0.1) is 0 Å². The molecule has 0 spiro atoms. The van der Waals surface area contributed by atoms with Crippen molar-refractivity contribution >= 4 is 5.82 Å². The van der Waals surface area contributed by atoms with Crippen molar-refractivity contribution in [3.63, 3.8) is 0 Å². The molecule has 0 fully saturated rings. The zero-order valence-corrected chi connectivity index (χ0v) is 7.78. The summed E-state index contributed by atoms with van der Waals surface area (Å²) in [5.41, 5.74) is 0.637. The lowest BCUT2D eigenvalue weighted by Crippen LogP contribution is -2.29. The Balaban J connectivity index is 2.47. The van der Waals surface area contributed by atoms with Gasteiger partial charge in [-0.05, 0) is 20.3 Å². The number of nitrogens with zero attached hydrogens (tertiary/aromatic N) is 3. The van der Waals surface area contributed by atoms with Gasteiger partial charge in [-0.3, -0.25) is 0 Å². The fourth-order valence-corrected chi connectivity index (χ4v) is 1.83. The second-order valence-electron chi connectivity index (χ2n) is 3.59. The van der Waals surface area contributed by atoms with Gasteiger partial charge in [0.05, 0.1) is 12.2 Å². The molecule has 4 nitrogen and oxygen atoms in total. The topological polar surface area (TPSA) is 53.6 Å². The van der Waals surface area contributed by atoms with Crippen LogP contribution in [-0.2, 0) is 0 Å². The molecule has 2 heterocycles. The van der Waals surface area contributed by atoms with Gasteiger partial charge in [-0.1, -0.05) is 0 Å². The molecule has 1 aromatic heterocycles. The molecule has 0 aromatic carbocycles. The summed E-state index contributed by atoms with van der Waals surface area (Å²) in [6, 6.07) is 2.94. The van der Waals surface area contributed by atoms with Crippen LogP contribution in [0.3, 0.4) is 0 Å². The number of anilines is 1. The quantitative estimate of drug-likeness (QED) is 0.652. The maximum atomic E-state index is 8.81. The number of nitrogens with one attached hydrogen (secondary N) is 1. The molecule has 2 atom stereocenters. The first-order valence-electron chi connectivity index (χ1n) is 4.46. The molecule has 1 aliphatic rings. The van der Waals surface area contributed by atoms with Crippen LogP contribution in [0.25, 0.3) is 0 Å². The zero-order valence-electron chi connectivity index (χ0n) is 7.78. The maximum Gasteiger partial charge on any atom is 0.142 e. The van der Waals surface area contributed by atoms with E-state index in [-0.39, 0.29) is 0 Å². The minimum Gasteiger partial charge on any atom is -0.367 e. The smallest absolute Gasteiger partial charge is 0.142 e. The van der Waals surface area contributed by atoms with Gasteiger partial charge >= 0.3 is 0 Å². The second kappa shape index (κ2) is 2.77. The number of hydrogen-bond acceptors (Lipinski definition) is 3. The number of rotatable bonds is 0. The van der Waals surface area contributed by atoms with Crippen LogP contribution in [0.2, 0.25) is 0 Å². The van der Waals surface area contributed by atoms with Gasteiger partial charge < -0.3 is 5.32 Å². The van der Waals surface area contributed by atoms with Crippen LogP contribution in [0.5, 0.6) is 0 Å². The molecule has 1 aliphatic heterocycles. The highest BCUT2D eigenvalue weighted by Crippen LogP contribution is 2.28. The molecule has 4 heteroatoms. The Morgan fingerprint density at radius 1 is 1.69 bits per heavy atom. The summed E-state index contributed by atoms with van der Waals surface area (Å²) in [6.07, 6.45) is 2.68. The van der Waals surface area contributed by atoms with Gasteiger partial charge in [0.15, 0.2) is 0 Å². The Labute approximate surface area is 77.2 Å². The van der Waals surface area contributed by atoms with Crippen LogP contribution in [0.1, 0.15) is 31.9 Å².